The highest BCUT2D eigenvalue weighted by Crippen LogP contribution is 2.27. The number of ether oxygens (including phenoxy) is 1. The fraction of sp³-hybridized carbons (Fsp3) is 0.571. The van der Waals surface area contributed by atoms with Gasteiger partial charge in [0.1, 0.15) is 0 Å². The SMILES string of the molecule is COC1CCC(NS(=O)(=O)c2c(C)cc(NN)cc2C)C1. The third kappa shape index (κ3) is 3.55. The number of aryl methyl sites for hydroxylation is 2. The second kappa shape index (κ2) is 6.31. The second-order valence-electron chi connectivity index (χ2n) is 5.57. The lowest BCUT2D eigenvalue weighted by Crippen LogP contribution is -2.34. The van der Waals surface area contributed by atoms with Crippen molar-refractivity contribution in [2.75, 3.05) is 12.5 Å². The van der Waals surface area contributed by atoms with Crippen molar-refractivity contribution in [3.63, 3.8) is 0 Å². The molecule has 1 fully saturated rings. The van der Waals surface area contributed by atoms with Crippen LogP contribution in [0.5, 0.6) is 0 Å². The highest BCUT2D eigenvalue weighted by molar-refractivity contribution is 7.89. The van der Waals surface area contributed by atoms with E-state index in [4.69, 9.17) is 10.6 Å². The number of rotatable bonds is 5. The van der Waals surface area contributed by atoms with E-state index >= 15 is 0 Å². The Kier molecular flexibility index (Phi) is 4.88. The smallest absolute Gasteiger partial charge is 0.241 e. The summed E-state index contributed by atoms with van der Waals surface area (Å²) in [6.07, 6.45) is 2.55. The van der Waals surface area contributed by atoms with E-state index in [1.54, 1.807) is 33.1 Å². The molecule has 2 rings (SSSR count). The lowest BCUT2D eigenvalue weighted by molar-refractivity contribution is 0.107. The standard InChI is InChI=1S/C14H23N3O3S/c1-9-6-12(16-15)7-10(2)14(9)21(18,19)17-11-4-5-13(8-11)20-3/h6-7,11,13,16-17H,4-5,8,15H2,1-3H3. The maximum absolute atomic E-state index is 12.6. The van der Waals surface area contributed by atoms with Crippen molar-refractivity contribution in [3.05, 3.63) is 23.3 Å². The van der Waals surface area contributed by atoms with E-state index in [-0.39, 0.29) is 12.1 Å². The molecule has 0 saturated heterocycles. The Bertz CT molecular complexity index is 593. The second-order valence-corrected chi connectivity index (χ2v) is 7.22. The molecule has 0 spiro atoms. The van der Waals surface area contributed by atoms with Crippen LogP contribution in [0.2, 0.25) is 0 Å². The zero-order valence-corrected chi connectivity index (χ0v) is 13.5. The van der Waals surface area contributed by atoms with E-state index in [1.807, 2.05) is 0 Å². The number of nitrogens with one attached hydrogen (secondary N) is 2. The van der Waals surface area contributed by atoms with Gasteiger partial charge in [0, 0.05) is 18.8 Å². The zero-order chi connectivity index (χ0) is 15.6. The summed E-state index contributed by atoms with van der Waals surface area (Å²) in [7, 11) is -1.87. The molecule has 0 amide bonds. The Balaban J connectivity index is 2.24. The number of nitrogen functional groups attached to an aromatic ring is 1. The number of methoxy groups -OCH3 is 1. The average Bonchev–Trinajstić information content (AvgIpc) is 2.84. The van der Waals surface area contributed by atoms with E-state index in [9.17, 15) is 8.42 Å². The average molecular weight is 313 g/mol. The molecule has 6 nitrogen and oxygen atoms in total. The molecule has 4 N–H and O–H groups in total. The van der Waals surface area contributed by atoms with Gasteiger partial charge in [-0.15, -0.1) is 0 Å². The molecule has 0 radical (unpaired) electrons. The monoisotopic (exact) mass is 313 g/mol. The van der Waals surface area contributed by atoms with Gasteiger partial charge in [-0.2, -0.15) is 0 Å². The number of nitrogens with two attached hydrogens (primary N) is 1. The van der Waals surface area contributed by atoms with Gasteiger partial charge in [0.05, 0.1) is 11.0 Å². The number of hydrazine groups is 1. The Hall–Kier alpha value is -1.15. The maximum atomic E-state index is 12.6. The molecule has 21 heavy (non-hydrogen) atoms. The maximum Gasteiger partial charge on any atom is 0.241 e. The van der Waals surface area contributed by atoms with Crippen LogP contribution in [0.3, 0.4) is 0 Å². The number of hydrogen-bond donors (Lipinski definition) is 3. The third-order valence-corrected chi connectivity index (χ3v) is 5.76. The van der Waals surface area contributed by atoms with Gasteiger partial charge >= 0.3 is 0 Å². The number of sulfonamides is 1. The topological polar surface area (TPSA) is 93.4 Å². The minimum absolute atomic E-state index is 0.0638. The van der Waals surface area contributed by atoms with Gasteiger partial charge in [-0.25, -0.2) is 13.1 Å². The molecule has 2 atom stereocenters. The first-order valence-electron chi connectivity index (χ1n) is 7.00. The largest absolute Gasteiger partial charge is 0.381 e. The molecule has 0 bridgehead atoms. The van der Waals surface area contributed by atoms with E-state index in [1.165, 1.54) is 0 Å². The molecule has 118 valence electrons. The first kappa shape index (κ1) is 16.2. The predicted octanol–water partition coefficient (Wildman–Crippen LogP) is 1.43. The van der Waals surface area contributed by atoms with Crippen molar-refractivity contribution in [3.8, 4) is 0 Å². The van der Waals surface area contributed by atoms with Crippen LogP contribution in [0.4, 0.5) is 5.69 Å². The fourth-order valence-electron chi connectivity index (χ4n) is 3.00. The molecule has 1 aromatic rings. The normalized spacial score (nSPS) is 22.5. The summed E-state index contributed by atoms with van der Waals surface area (Å²) in [4.78, 5) is 0.336. The molecular weight excluding hydrogens is 290 g/mol. The molecule has 1 aliphatic rings. The summed E-state index contributed by atoms with van der Waals surface area (Å²) in [6, 6.07) is 3.40. The van der Waals surface area contributed by atoms with E-state index in [2.05, 4.69) is 10.1 Å². The van der Waals surface area contributed by atoms with Crippen LogP contribution < -0.4 is 16.0 Å². The molecule has 0 heterocycles. The van der Waals surface area contributed by atoms with Gasteiger partial charge in [-0.1, -0.05) is 0 Å². The van der Waals surface area contributed by atoms with Gasteiger partial charge in [0.15, 0.2) is 0 Å². The van der Waals surface area contributed by atoms with Crippen LogP contribution in [0.25, 0.3) is 0 Å². The molecular formula is C14H23N3O3S. The molecule has 1 aliphatic carbocycles. The van der Waals surface area contributed by atoms with Gasteiger partial charge in [0.25, 0.3) is 0 Å². The summed E-state index contributed by atoms with van der Waals surface area (Å²) in [5.74, 6) is 5.38. The Labute approximate surface area is 126 Å². The molecule has 7 heteroatoms. The lowest BCUT2D eigenvalue weighted by Gasteiger charge is -2.17. The van der Waals surface area contributed by atoms with Crippen molar-refractivity contribution < 1.29 is 13.2 Å². The Morgan fingerprint density at radius 3 is 2.33 bits per heavy atom. The minimum Gasteiger partial charge on any atom is -0.381 e. The molecule has 1 aromatic carbocycles. The summed E-state index contributed by atoms with van der Waals surface area (Å²) in [5.41, 5.74) is 4.60. The summed E-state index contributed by atoms with van der Waals surface area (Å²) < 4.78 is 33.3. The fourth-order valence-corrected chi connectivity index (χ4v) is 4.73. The van der Waals surface area contributed by atoms with Crippen LogP contribution in [-0.2, 0) is 14.8 Å². The summed E-state index contributed by atoms with van der Waals surface area (Å²) in [5, 5.41) is 0. The molecule has 1 saturated carbocycles. The van der Waals surface area contributed by atoms with Gasteiger partial charge in [0.2, 0.25) is 10.0 Å². The van der Waals surface area contributed by atoms with E-state index in [0.717, 1.165) is 19.3 Å². The first-order valence-corrected chi connectivity index (χ1v) is 8.48. The quantitative estimate of drug-likeness (QED) is 0.565. The van der Waals surface area contributed by atoms with E-state index < -0.39 is 10.0 Å². The number of benzene rings is 1. The summed E-state index contributed by atoms with van der Waals surface area (Å²) >= 11 is 0. The van der Waals surface area contributed by atoms with Crippen LogP contribution in [0.15, 0.2) is 17.0 Å². The predicted molar refractivity (Wildman–Crippen MR) is 82.5 cm³/mol. The van der Waals surface area contributed by atoms with Crippen LogP contribution in [0.1, 0.15) is 30.4 Å². The highest BCUT2D eigenvalue weighted by atomic mass is 32.2. The minimum atomic E-state index is -3.54. The van der Waals surface area contributed by atoms with Crippen molar-refractivity contribution in [2.45, 2.75) is 50.2 Å². The molecule has 0 aromatic heterocycles. The first-order chi connectivity index (χ1) is 9.87. The van der Waals surface area contributed by atoms with Crippen LogP contribution >= 0.6 is 0 Å². The van der Waals surface area contributed by atoms with Crippen molar-refractivity contribution in [2.24, 2.45) is 5.84 Å². The number of anilines is 1. The third-order valence-electron chi connectivity index (χ3n) is 3.94. The summed E-state index contributed by atoms with van der Waals surface area (Å²) in [6.45, 7) is 3.55. The Morgan fingerprint density at radius 2 is 1.86 bits per heavy atom. The van der Waals surface area contributed by atoms with Crippen LogP contribution in [0, 0.1) is 13.8 Å². The van der Waals surface area contributed by atoms with Gasteiger partial charge in [-0.05, 0) is 56.4 Å². The van der Waals surface area contributed by atoms with Crippen molar-refractivity contribution in [1.82, 2.24) is 4.72 Å². The van der Waals surface area contributed by atoms with Crippen molar-refractivity contribution >= 4 is 15.7 Å². The Morgan fingerprint density at radius 1 is 1.24 bits per heavy atom. The van der Waals surface area contributed by atoms with E-state index in [0.29, 0.717) is 21.7 Å². The lowest BCUT2D eigenvalue weighted by atomic mass is 10.1. The van der Waals surface area contributed by atoms with Gasteiger partial charge < -0.3 is 10.2 Å². The molecule has 2 unspecified atom stereocenters. The van der Waals surface area contributed by atoms with Gasteiger partial charge in [-0.3, -0.25) is 5.84 Å². The molecule has 0 aliphatic heterocycles. The number of hydrogen-bond acceptors (Lipinski definition) is 5. The highest BCUT2D eigenvalue weighted by Gasteiger charge is 2.30. The zero-order valence-electron chi connectivity index (χ0n) is 12.6. The van der Waals surface area contributed by atoms with Crippen LogP contribution in [-0.4, -0.2) is 27.7 Å². The van der Waals surface area contributed by atoms with Crippen molar-refractivity contribution in [1.29, 1.82) is 0 Å².